The van der Waals surface area contributed by atoms with Crippen molar-refractivity contribution in [2.24, 2.45) is 0 Å². The van der Waals surface area contributed by atoms with Gasteiger partial charge in [-0.15, -0.1) is 0 Å². The summed E-state index contributed by atoms with van der Waals surface area (Å²) in [6, 6.07) is 2.41. The van der Waals surface area contributed by atoms with E-state index in [0.29, 0.717) is 6.54 Å². The van der Waals surface area contributed by atoms with Gasteiger partial charge in [-0.05, 0) is 32.6 Å². The van der Waals surface area contributed by atoms with E-state index in [9.17, 15) is 13.0 Å². The number of rotatable bonds is 13. The minimum atomic E-state index is -4.41. The van der Waals surface area contributed by atoms with E-state index in [2.05, 4.69) is 31.0 Å². The molecule has 144 valence electrons. The first-order valence-electron chi connectivity index (χ1n) is 9.04. The predicted molar refractivity (Wildman–Crippen MR) is 96.0 cm³/mol. The molecule has 0 aliphatic carbocycles. The summed E-state index contributed by atoms with van der Waals surface area (Å²) in [5.41, 5.74) is 0. The molecule has 0 bridgehead atoms. The van der Waals surface area contributed by atoms with Crippen LogP contribution in [0.5, 0.6) is 0 Å². The van der Waals surface area contributed by atoms with Gasteiger partial charge >= 0.3 is 0 Å². The van der Waals surface area contributed by atoms with E-state index in [1.54, 1.807) is 0 Å². The van der Waals surface area contributed by atoms with Crippen LogP contribution >= 0.6 is 0 Å². The molecule has 0 rings (SSSR count). The van der Waals surface area contributed by atoms with Crippen LogP contribution in [0, 0.1) is 11.3 Å². The molecule has 0 saturated carbocycles. The quantitative estimate of drug-likeness (QED) is 0.164. The summed E-state index contributed by atoms with van der Waals surface area (Å²) in [5.74, 6) is 0. The molecule has 24 heavy (non-hydrogen) atoms. The van der Waals surface area contributed by atoms with Crippen molar-refractivity contribution in [3.8, 4) is 6.07 Å². The van der Waals surface area contributed by atoms with Crippen molar-refractivity contribution in [3.05, 3.63) is 0 Å². The second kappa shape index (κ2) is 15.8. The number of hydrogen-bond acceptors (Lipinski definition) is 5. The van der Waals surface area contributed by atoms with Crippen LogP contribution in [0.4, 0.5) is 0 Å². The fourth-order valence-corrected chi connectivity index (χ4v) is 2.60. The van der Waals surface area contributed by atoms with Crippen LogP contribution in [0.1, 0.15) is 72.1 Å². The van der Waals surface area contributed by atoms with Gasteiger partial charge in [-0.3, -0.25) is 4.18 Å². The van der Waals surface area contributed by atoms with Crippen LogP contribution in [0.2, 0.25) is 0 Å². The van der Waals surface area contributed by atoms with Crippen LogP contribution in [0.3, 0.4) is 0 Å². The molecule has 0 unspecified atom stereocenters. The van der Waals surface area contributed by atoms with Crippen molar-refractivity contribution < 1.29 is 21.6 Å². The van der Waals surface area contributed by atoms with Gasteiger partial charge in [-0.25, -0.2) is 8.42 Å². The van der Waals surface area contributed by atoms with Gasteiger partial charge in [0, 0.05) is 0 Å². The maximum atomic E-state index is 9.22. The predicted octanol–water partition coefficient (Wildman–Crippen LogP) is 3.60. The zero-order chi connectivity index (χ0) is 18.9. The van der Waals surface area contributed by atoms with Crippen molar-refractivity contribution in [1.29, 1.82) is 5.26 Å². The van der Waals surface area contributed by atoms with Gasteiger partial charge in [0.1, 0.15) is 6.07 Å². The third-order valence-corrected chi connectivity index (χ3v) is 4.66. The number of quaternary nitrogens is 1. The van der Waals surface area contributed by atoms with Crippen molar-refractivity contribution >= 4 is 10.4 Å². The highest BCUT2D eigenvalue weighted by Crippen LogP contribution is 2.14. The number of nitriles is 1. The van der Waals surface area contributed by atoms with Gasteiger partial charge < -0.3 is 9.04 Å². The van der Waals surface area contributed by atoms with Gasteiger partial charge in [0.2, 0.25) is 10.4 Å². The summed E-state index contributed by atoms with van der Waals surface area (Å²) in [6.07, 6.45) is 10.5. The van der Waals surface area contributed by atoms with Gasteiger partial charge in [-0.2, -0.15) is 5.26 Å². The van der Waals surface area contributed by atoms with E-state index >= 15 is 0 Å². The van der Waals surface area contributed by atoms with E-state index in [4.69, 9.17) is 5.26 Å². The van der Waals surface area contributed by atoms with Gasteiger partial charge in [0.15, 0.2) is 6.54 Å². The zero-order valence-corrected chi connectivity index (χ0v) is 16.7. The van der Waals surface area contributed by atoms with Gasteiger partial charge in [0.05, 0.1) is 26.7 Å². The molecule has 0 aromatic heterocycles. The lowest BCUT2D eigenvalue weighted by Crippen LogP contribution is -2.49. The van der Waals surface area contributed by atoms with Crippen molar-refractivity contribution in [2.75, 3.05) is 33.3 Å². The van der Waals surface area contributed by atoms with Crippen molar-refractivity contribution in [3.63, 3.8) is 0 Å². The molecule has 0 N–H and O–H groups in total. The fraction of sp³-hybridized carbons (Fsp3) is 0.941. The second-order valence-electron chi connectivity index (χ2n) is 6.12. The Morgan fingerprint density at radius 1 is 0.958 bits per heavy atom. The smallest absolute Gasteiger partial charge is 0.217 e. The SMILES string of the molecule is CCCCCC[N+](CC)(CC#N)CCCCCC.COS(=O)(=O)[O-]. The van der Waals surface area contributed by atoms with Crippen LogP contribution in [-0.4, -0.2) is 50.7 Å². The molecule has 0 saturated heterocycles. The van der Waals surface area contributed by atoms with E-state index < -0.39 is 10.4 Å². The maximum absolute atomic E-state index is 9.22. The molecule has 0 atom stereocenters. The number of unbranched alkanes of at least 4 members (excludes halogenated alkanes) is 6. The zero-order valence-electron chi connectivity index (χ0n) is 15.9. The molecule has 0 aliphatic heterocycles. The summed E-state index contributed by atoms with van der Waals surface area (Å²) < 4.78 is 32.1. The fourth-order valence-electron chi connectivity index (χ4n) is 2.60. The highest BCUT2D eigenvalue weighted by molar-refractivity contribution is 7.80. The minimum Gasteiger partial charge on any atom is -0.726 e. The highest BCUT2D eigenvalue weighted by atomic mass is 32.3. The highest BCUT2D eigenvalue weighted by Gasteiger charge is 2.23. The summed E-state index contributed by atoms with van der Waals surface area (Å²) in [7, 11) is -3.60. The lowest BCUT2D eigenvalue weighted by molar-refractivity contribution is -0.920. The maximum Gasteiger partial charge on any atom is 0.217 e. The summed E-state index contributed by atoms with van der Waals surface area (Å²) >= 11 is 0. The van der Waals surface area contributed by atoms with E-state index in [1.807, 2.05) is 0 Å². The Morgan fingerprint density at radius 3 is 1.62 bits per heavy atom. The van der Waals surface area contributed by atoms with Crippen LogP contribution in [0.15, 0.2) is 0 Å². The van der Waals surface area contributed by atoms with Crippen LogP contribution < -0.4 is 0 Å². The Balaban J connectivity index is 0. The molecule has 0 aromatic rings. The third-order valence-electron chi connectivity index (χ3n) is 4.25. The van der Waals surface area contributed by atoms with Crippen LogP contribution in [0.25, 0.3) is 0 Å². The lowest BCUT2D eigenvalue weighted by atomic mass is 10.1. The first kappa shape index (κ1) is 25.6. The molecule has 0 heterocycles. The molecular weight excluding hydrogens is 328 g/mol. The monoisotopic (exact) mass is 364 g/mol. The number of nitrogens with zero attached hydrogens (tertiary/aromatic N) is 2. The van der Waals surface area contributed by atoms with Crippen molar-refractivity contribution in [2.45, 2.75) is 72.1 Å². The molecule has 0 fully saturated rings. The lowest BCUT2D eigenvalue weighted by Gasteiger charge is -2.35. The third kappa shape index (κ3) is 16.2. The van der Waals surface area contributed by atoms with E-state index in [0.717, 1.165) is 18.1 Å². The average Bonchev–Trinajstić information content (AvgIpc) is 2.55. The van der Waals surface area contributed by atoms with E-state index in [-0.39, 0.29) is 0 Å². The van der Waals surface area contributed by atoms with Gasteiger partial charge in [-0.1, -0.05) is 39.5 Å². The normalized spacial score (nSPS) is 11.5. The average molecular weight is 365 g/mol. The Kier molecular flexibility index (Phi) is 16.9. The Labute approximate surface area is 149 Å². The molecule has 7 heteroatoms. The molecule has 6 nitrogen and oxygen atoms in total. The first-order valence-corrected chi connectivity index (χ1v) is 10.4. The molecule has 0 amide bonds. The molecule has 0 spiro atoms. The summed E-state index contributed by atoms with van der Waals surface area (Å²) in [4.78, 5) is 0. The Bertz CT molecular complexity index is 407. The molecule has 0 aliphatic rings. The molecule has 0 radical (unpaired) electrons. The van der Waals surface area contributed by atoms with Crippen LogP contribution in [-0.2, 0) is 14.6 Å². The minimum absolute atomic E-state index is 0.703. The first-order chi connectivity index (χ1) is 11.3. The largest absolute Gasteiger partial charge is 0.726 e. The Morgan fingerprint density at radius 2 is 1.38 bits per heavy atom. The summed E-state index contributed by atoms with van der Waals surface area (Å²) in [5, 5.41) is 9.07. The topological polar surface area (TPSA) is 90.2 Å². The number of hydrogen-bond donors (Lipinski definition) is 0. The van der Waals surface area contributed by atoms with E-state index in [1.165, 1.54) is 64.5 Å². The molecule has 0 aromatic carbocycles. The second-order valence-corrected chi connectivity index (χ2v) is 7.27. The standard InChI is InChI=1S/C16H33N2.CH4O4S/c1-4-7-9-11-14-18(6-3,16-13-17)15-12-10-8-5-2;1-5-6(2,3)4/h4-12,14-16H2,1-3H3;1H3,(H,2,3,4)/q+1;/p-1. The summed E-state index contributed by atoms with van der Waals surface area (Å²) in [6.45, 7) is 11.0. The van der Waals surface area contributed by atoms with Gasteiger partial charge in [0.25, 0.3) is 0 Å². The van der Waals surface area contributed by atoms with Crippen molar-refractivity contribution in [1.82, 2.24) is 0 Å². The Hall–Kier alpha value is -0.680. The molecular formula is C17H36N2O4S.